The lowest BCUT2D eigenvalue weighted by Crippen LogP contribution is -2.34. The molecule has 0 unspecified atom stereocenters. The third kappa shape index (κ3) is 3.76. The van der Waals surface area contributed by atoms with Gasteiger partial charge in [-0.3, -0.25) is 4.79 Å². The van der Waals surface area contributed by atoms with Gasteiger partial charge >= 0.3 is 6.18 Å². The second-order valence-corrected chi connectivity index (χ2v) is 3.74. The molecule has 2 nitrogen and oxygen atoms in total. The van der Waals surface area contributed by atoms with E-state index in [9.17, 15) is 18.0 Å². The predicted octanol–water partition coefficient (Wildman–Crippen LogP) is 2.85. The second kappa shape index (κ2) is 5.21. The molecule has 0 aromatic heterocycles. The van der Waals surface area contributed by atoms with Gasteiger partial charge in [0.15, 0.2) is 0 Å². The number of amides is 1. The van der Waals surface area contributed by atoms with E-state index in [0.717, 1.165) is 17.5 Å². The van der Waals surface area contributed by atoms with Gasteiger partial charge in [0.05, 0.1) is 0 Å². The van der Waals surface area contributed by atoms with Gasteiger partial charge in [-0.15, -0.1) is 0 Å². The molecule has 17 heavy (non-hydrogen) atoms. The Bertz CT molecular complexity index is 413. The fourth-order valence-corrected chi connectivity index (χ4v) is 1.59. The molecule has 0 aliphatic heterocycles. The zero-order valence-electron chi connectivity index (χ0n) is 9.69. The summed E-state index contributed by atoms with van der Waals surface area (Å²) in [6.45, 7) is 2.36. The Labute approximate surface area is 97.8 Å². The SMILES string of the molecule is CCc1cccc(C(=O)NCC(F)(F)F)c1C. The topological polar surface area (TPSA) is 29.1 Å². The van der Waals surface area contributed by atoms with Gasteiger partial charge in [0.1, 0.15) is 6.54 Å². The number of hydrogen-bond donors (Lipinski definition) is 1. The van der Waals surface area contributed by atoms with Crippen molar-refractivity contribution in [1.82, 2.24) is 5.32 Å². The van der Waals surface area contributed by atoms with Gasteiger partial charge in [-0.2, -0.15) is 13.2 Å². The lowest BCUT2D eigenvalue weighted by molar-refractivity contribution is -0.123. The van der Waals surface area contributed by atoms with Gasteiger partial charge in [0, 0.05) is 5.56 Å². The Morgan fingerprint density at radius 2 is 2.00 bits per heavy atom. The first-order valence-electron chi connectivity index (χ1n) is 5.28. The van der Waals surface area contributed by atoms with Crippen LogP contribution in [0.25, 0.3) is 0 Å². The smallest absolute Gasteiger partial charge is 0.343 e. The minimum absolute atomic E-state index is 0.300. The first-order valence-corrected chi connectivity index (χ1v) is 5.28. The van der Waals surface area contributed by atoms with E-state index in [0.29, 0.717) is 5.56 Å². The lowest BCUT2D eigenvalue weighted by atomic mass is 10.0. The molecular weight excluding hydrogens is 231 g/mol. The van der Waals surface area contributed by atoms with Crippen LogP contribution < -0.4 is 5.32 Å². The fourth-order valence-electron chi connectivity index (χ4n) is 1.59. The highest BCUT2D eigenvalue weighted by molar-refractivity contribution is 5.95. The van der Waals surface area contributed by atoms with E-state index in [-0.39, 0.29) is 0 Å². The maximum absolute atomic E-state index is 12.0. The number of hydrogen-bond acceptors (Lipinski definition) is 1. The molecule has 0 heterocycles. The van der Waals surface area contributed by atoms with Gasteiger partial charge in [-0.1, -0.05) is 19.1 Å². The highest BCUT2D eigenvalue weighted by Crippen LogP contribution is 2.16. The number of carbonyl (C=O) groups is 1. The van der Waals surface area contributed by atoms with Gasteiger partial charge in [-0.05, 0) is 30.5 Å². The molecule has 0 atom stereocenters. The van der Waals surface area contributed by atoms with Crippen LogP contribution >= 0.6 is 0 Å². The third-order valence-electron chi connectivity index (χ3n) is 2.52. The van der Waals surface area contributed by atoms with Gasteiger partial charge < -0.3 is 5.32 Å². The number of alkyl halides is 3. The van der Waals surface area contributed by atoms with E-state index in [1.807, 2.05) is 18.3 Å². The molecule has 1 N–H and O–H groups in total. The first kappa shape index (κ1) is 13.5. The number of nitrogens with one attached hydrogen (secondary N) is 1. The van der Waals surface area contributed by atoms with Crippen molar-refractivity contribution in [2.24, 2.45) is 0 Å². The van der Waals surface area contributed by atoms with Crippen molar-refractivity contribution < 1.29 is 18.0 Å². The maximum Gasteiger partial charge on any atom is 0.405 e. The molecule has 1 aromatic rings. The van der Waals surface area contributed by atoms with Crippen LogP contribution in [-0.2, 0) is 6.42 Å². The van der Waals surface area contributed by atoms with Crippen LogP contribution in [0.5, 0.6) is 0 Å². The largest absolute Gasteiger partial charge is 0.405 e. The highest BCUT2D eigenvalue weighted by Gasteiger charge is 2.28. The molecule has 0 aliphatic rings. The molecule has 1 amide bonds. The van der Waals surface area contributed by atoms with E-state index in [1.165, 1.54) is 6.07 Å². The van der Waals surface area contributed by atoms with Crippen molar-refractivity contribution in [3.8, 4) is 0 Å². The van der Waals surface area contributed by atoms with Crippen molar-refractivity contribution >= 4 is 5.91 Å². The first-order chi connectivity index (χ1) is 7.85. The van der Waals surface area contributed by atoms with Crippen LogP contribution in [0.4, 0.5) is 13.2 Å². The number of benzene rings is 1. The number of halogens is 3. The van der Waals surface area contributed by atoms with Crippen molar-refractivity contribution in [3.63, 3.8) is 0 Å². The van der Waals surface area contributed by atoms with E-state index in [1.54, 1.807) is 13.0 Å². The molecule has 1 rings (SSSR count). The molecule has 0 spiro atoms. The monoisotopic (exact) mass is 245 g/mol. The molecule has 94 valence electrons. The summed E-state index contributed by atoms with van der Waals surface area (Å²) in [5.41, 5.74) is 1.99. The van der Waals surface area contributed by atoms with Crippen LogP contribution in [0.1, 0.15) is 28.4 Å². The summed E-state index contributed by atoms with van der Waals surface area (Å²) in [5, 5.41) is 1.87. The molecule has 0 saturated heterocycles. The maximum atomic E-state index is 12.0. The number of carbonyl (C=O) groups excluding carboxylic acids is 1. The Hall–Kier alpha value is -1.52. The minimum atomic E-state index is -4.38. The fraction of sp³-hybridized carbons (Fsp3) is 0.417. The Morgan fingerprint density at radius 3 is 2.53 bits per heavy atom. The number of rotatable bonds is 3. The van der Waals surface area contributed by atoms with Gasteiger partial charge in [0.2, 0.25) is 0 Å². The predicted molar refractivity (Wildman–Crippen MR) is 58.9 cm³/mol. The van der Waals surface area contributed by atoms with Crippen LogP contribution in [0.15, 0.2) is 18.2 Å². The zero-order chi connectivity index (χ0) is 13.1. The van der Waals surface area contributed by atoms with Crippen molar-refractivity contribution in [1.29, 1.82) is 0 Å². The average Bonchev–Trinajstić information content (AvgIpc) is 2.25. The summed E-state index contributed by atoms with van der Waals surface area (Å²) in [5.74, 6) is -0.685. The molecule has 0 fully saturated rings. The summed E-state index contributed by atoms with van der Waals surface area (Å²) in [6.07, 6.45) is -3.64. The van der Waals surface area contributed by atoms with E-state index in [4.69, 9.17) is 0 Å². The molecule has 0 saturated carbocycles. The Kier molecular flexibility index (Phi) is 4.15. The summed E-state index contributed by atoms with van der Waals surface area (Å²) < 4.78 is 35.9. The van der Waals surface area contributed by atoms with Crippen LogP contribution in [0, 0.1) is 6.92 Å². The third-order valence-corrected chi connectivity index (χ3v) is 2.52. The van der Waals surface area contributed by atoms with Gasteiger partial charge in [-0.25, -0.2) is 0 Å². The second-order valence-electron chi connectivity index (χ2n) is 3.74. The summed E-state index contributed by atoms with van der Waals surface area (Å²) in [7, 11) is 0. The Balaban J connectivity index is 2.83. The van der Waals surface area contributed by atoms with Gasteiger partial charge in [0.25, 0.3) is 5.91 Å². The summed E-state index contributed by atoms with van der Waals surface area (Å²) in [6, 6.07) is 5.06. The highest BCUT2D eigenvalue weighted by atomic mass is 19.4. The minimum Gasteiger partial charge on any atom is -0.343 e. The average molecular weight is 245 g/mol. The molecule has 0 aliphatic carbocycles. The molecule has 5 heteroatoms. The van der Waals surface area contributed by atoms with Crippen LogP contribution in [0.3, 0.4) is 0 Å². The van der Waals surface area contributed by atoms with Crippen LogP contribution in [0.2, 0.25) is 0 Å². The molecule has 1 aromatic carbocycles. The van der Waals surface area contributed by atoms with E-state index >= 15 is 0 Å². The summed E-state index contributed by atoms with van der Waals surface area (Å²) >= 11 is 0. The van der Waals surface area contributed by atoms with E-state index in [2.05, 4.69) is 0 Å². The van der Waals surface area contributed by atoms with Crippen molar-refractivity contribution in [2.75, 3.05) is 6.54 Å². The van der Waals surface area contributed by atoms with E-state index < -0.39 is 18.6 Å². The molecule has 0 radical (unpaired) electrons. The normalized spacial score (nSPS) is 11.4. The zero-order valence-corrected chi connectivity index (χ0v) is 9.69. The molecule has 0 bridgehead atoms. The van der Waals surface area contributed by atoms with Crippen molar-refractivity contribution in [3.05, 3.63) is 34.9 Å². The van der Waals surface area contributed by atoms with Crippen molar-refractivity contribution in [2.45, 2.75) is 26.4 Å². The quantitative estimate of drug-likeness (QED) is 0.871. The molecular formula is C12H14F3NO. The lowest BCUT2D eigenvalue weighted by Gasteiger charge is -2.11. The van der Waals surface area contributed by atoms with Crippen LogP contribution in [-0.4, -0.2) is 18.6 Å². The Morgan fingerprint density at radius 1 is 1.35 bits per heavy atom. The standard InChI is InChI=1S/C12H14F3NO/c1-3-9-5-4-6-10(8(9)2)11(17)16-7-12(13,14)15/h4-6H,3,7H2,1-2H3,(H,16,17). The summed E-state index contributed by atoms with van der Waals surface area (Å²) in [4.78, 5) is 11.6. The number of aryl methyl sites for hydroxylation is 1.